The molecule has 4 heteroatoms. The van der Waals surface area contributed by atoms with Crippen molar-refractivity contribution >= 4 is 29.1 Å². The fourth-order valence-corrected chi connectivity index (χ4v) is 2.59. The summed E-state index contributed by atoms with van der Waals surface area (Å²) >= 11 is 11.8. The van der Waals surface area contributed by atoms with Crippen molar-refractivity contribution in [2.24, 2.45) is 5.92 Å². The van der Waals surface area contributed by atoms with Crippen molar-refractivity contribution in [3.8, 4) is 0 Å². The fourth-order valence-electron chi connectivity index (χ4n) is 1.91. The molecule has 2 rings (SSSR count). The number of halogens is 2. The first-order chi connectivity index (χ1) is 7.72. The van der Waals surface area contributed by atoms with E-state index in [-0.39, 0.29) is 11.8 Å². The molecule has 0 aliphatic carbocycles. The molecule has 1 fully saturated rings. The van der Waals surface area contributed by atoms with Gasteiger partial charge in [-0.05, 0) is 5.56 Å². The molecule has 2 nitrogen and oxygen atoms in total. The van der Waals surface area contributed by atoms with E-state index in [0.29, 0.717) is 19.0 Å². The Morgan fingerprint density at radius 2 is 2.00 bits per heavy atom. The third-order valence-electron chi connectivity index (χ3n) is 2.83. The number of amides is 1. The lowest BCUT2D eigenvalue weighted by Crippen LogP contribution is -2.26. The average molecular weight is 258 g/mol. The topological polar surface area (TPSA) is 20.3 Å². The summed E-state index contributed by atoms with van der Waals surface area (Å²) in [6.07, 6.45) is 0. The average Bonchev–Trinajstić information content (AvgIpc) is 2.58. The smallest absolute Gasteiger partial charge is 0.241 e. The normalized spacial score (nSPS) is 25.1. The second-order valence-electron chi connectivity index (χ2n) is 4.02. The van der Waals surface area contributed by atoms with Gasteiger partial charge in [0.05, 0.1) is 0 Å². The van der Waals surface area contributed by atoms with Crippen LogP contribution in [0.5, 0.6) is 0 Å². The molecule has 0 aromatic heterocycles. The van der Waals surface area contributed by atoms with Gasteiger partial charge in [0.25, 0.3) is 0 Å². The van der Waals surface area contributed by atoms with Crippen LogP contribution in [0.15, 0.2) is 30.3 Å². The number of hydrogen-bond acceptors (Lipinski definition) is 1. The van der Waals surface area contributed by atoms with Gasteiger partial charge in [-0.2, -0.15) is 0 Å². The maximum Gasteiger partial charge on any atom is 0.241 e. The number of nitrogens with zero attached hydrogens (tertiary/aromatic N) is 1. The van der Waals surface area contributed by atoms with Crippen molar-refractivity contribution in [1.29, 1.82) is 0 Å². The fraction of sp³-hybridized carbons (Fsp3) is 0.417. The Labute approximate surface area is 105 Å². The van der Waals surface area contributed by atoms with E-state index in [1.807, 2.05) is 30.3 Å². The van der Waals surface area contributed by atoms with Crippen LogP contribution in [0.25, 0.3) is 0 Å². The summed E-state index contributed by atoms with van der Waals surface area (Å²) in [5, 5.41) is -0.457. The Bertz CT molecular complexity index is 369. The monoisotopic (exact) mass is 257 g/mol. The summed E-state index contributed by atoms with van der Waals surface area (Å²) in [4.78, 5) is 13.6. The Kier molecular flexibility index (Phi) is 3.72. The second-order valence-corrected chi connectivity index (χ2v) is 4.80. The lowest BCUT2D eigenvalue weighted by molar-refractivity contribution is -0.127. The SMILES string of the molecule is O=C1[C@H](Cl)[C@@H](CCl)CN1Cc1ccccc1. The van der Waals surface area contributed by atoms with Gasteiger partial charge in [-0.15, -0.1) is 23.2 Å². The largest absolute Gasteiger partial charge is 0.337 e. The van der Waals surface area contributed by atoms with Gasteiger partial charge in [-0.3, -0.25) is 4.79 Å². The molecular formula is C12H13Cl2NO. The van der Waals surface area contributed by atoms with E-state index in [0.717, 1.165) is 5.56 Å². The molecule has 0 unspecified atom stereocenters. The van der Waals surface area contributed by atoms with E-state index in [2.05, 4.69) is 0 Å². The maximum atomic E-state index is 11.8. The minimum absolute atomic E-state index is 0.00355. The number of likely N-dealkylation sites (tertiary alicyclic amines) is 1. The number of carbonyl (C=O) groups excluding carboxylic acids is 1. The van der Waals surface area contributed by atoms with Gasteiger partial charge in [0.1, 0.15) is 5.38 Å². The van der Waals surface area contributed by atoms with Gasteiger partial charge in [0, 0.05) is 24.9 Å². The first kappa shape index (κ1) is 11.7. The van der Waals surface area contributed by atoms with Crippen LogP contribution in [0.2, 0.25) is 0 Å². The molecular weight excluding hydrogens is 245 g/mol. The van der Waals surface area contributed by atoms with Crippen molar-refractivity contribution < 1.29 is 4.79 Å². The van der Waals surface area contributed by atoms with E-state index >= 15 is 0 Å². The highest BCUT2D eigenvalue weighted by Crippen LogP contribution is 2.25. The molecule has 0 bridgehead atoms. The summed E-state index contributed by atoms with van der Waals surface area (Å²) in [6.45, 7) is 1.28. The second kappa shape index (κ2) is 5.07. The molecule has 1 heterocycles. The Hall–Kier alpha value is -0.730. The third-order valence-corrected chi connectivity index (χ3v) is 3.77. The molecule has 1 aromatic rings. The number of alkyl halides is 2. The zero-order valence-electron chi connectivity index (χ0n) is 8.77. The number of hydrogen-bond donors (Lipinski definition) is 0. The quantitative estimate of drug-likeness (QED) is 0.763. The molecule has 0 N–H and O–H groups in total. The van der Waals surface area contributed by atoms with Gasteiger partial charge in [0.15, 0.2) is 0 Å². The van der Waals surface area contributed by atoms with Crippen LogP contribution in [0.3, 0.4) is 0 Å². The summed E-state index contributed by atoms with van der Waals surface area (Å²) in [7, 11) is 0. The molecule has 1 aromatic carbocycles. The summed E-state index contributed by atoms with van der Waals surface area (Å²) in [5.74, 6) is 0.501. The van der Waals surface area contributed by atoms with Crippen molar-refractivity contribution in [2.45, 2.75) is 11.9 Å². The minimum Gasteiger partial charge on any atom is -0.337 e. The summed E-state index contributed by atoms with van der Waals surface area (Å²) in [6, 6.07) is 9.90. The summed E-state index contributed by atoms with van der Waals surface area (Å²) in [5.41, 5.74) is 1.12. The van der Waals surface area contributed by atoms with Crippen molar-refractivity contribution in [1.82, 2.24) is 4.90 Å². The van der Waals surface area contributed by atoms with Crippen molar-refractivity contribution in [3.05, 3.63) is 35.9 Å². The Morgan fingerprint density at radius 3 is 2.56 bits per heavy atom. The molecule has 1 aliphatic rings. The van der Waals surface area contributed by atoms with Crippen LogP contribution >= 0.6 is 23.2 Å². The third kappa shape index (κ3) is 2.33. The predicted molar refractivity (Wildman–Crippen MR) is 65.7 cm³/mol. The standard InChI is InChI=1S/C12H13Cl2NO/c13-6-10-8-15(12(16)11(10)14)7-9-4-2-1-3-5-9/h1-5,10-11H,6-8H2/t10-,11+/m0/s1. The van der Waals surface area contributed by atoms with Crippen LogP contribution < -0.4 is 0 Å². The van der Waals surface area contributed by atoms with E-state index in [1.165, 1.54) is 0 Å². The Morgan fingerprint density at radius 1 is 1.31 bits per heavy atom. The molecule has 1 amide bonds. The molecule has 2 atom stereocenters. The molecule has 0 radical (unpaired) electrons. The lowest BCUT2D eigenvalue weighted by Gasteiger charge is -2.15. The van der Waals surface area contributed by atoms with Crippen LogP contribution in [0.1, 0.15) is 5.56 Å². The highest BCUT2D eigenvalue weighted by Gasteiger charge is 2.38. The predicted octanol–water partition coefficient (Wildman–Crippen LogP) is 2.49. The number of benzene rings is 1. The van der Waals surface area contributed by atoms with Crippen molar-refractivity contribution in [3.63, 3.8) is 0 Å². The van der Waals surface area contributed by atoms with Crippen LogP contribution in [-0.2, 0) is 11.3 Å². The first-order valence-corrected chi connectivity index (χ1v) is 6.22. The van der Waals surface area contributed by atoms with Gasteiger partial charge in [0.2, 0.25) is 5.91 Å². The lowest BCUT2D eigenvalue weighted by atomic mass is 10.1. The van der Waals surface area contributed by atoms with E-state index in [4.69, 9.17) is 23.2 Å². The number of rotatable bonds is 3. The minimum atomic E-state index is -0.457. The van der Waals surface area contributed by atoms with Gasteiger partial charge in [-0.25, -0.2) is 0 Å². The first-order valence-electron chi connectivity index (χ1n) is 5.25. The van der Waals surface area contributed by atoms with Crippen LogP contribution in [0.4, 0.5) is 0 Å². The zero-order chi connectivity index (χ0) is 11.5. The van der Waals surface area contributed by atoms with Crippen LogP contribution in [0, 0.1) is 5.92 Å². The molecule has 1 saturated heterocycles. The van der Waals surface area contributed by atoms with Gasteiger partial charge >= 0.3 is 0 Å². The van der Waals surface area contributed by atoms with Gasteiger partial charge < -0.3 is 4.90 Å². The van der Waals surface area contributed by atoms with E-state index < -0.39 is 5.38 Å². The number of carbonyl (C=O) groups is 1. The van der Waals surface area contributed by atoms with Gasteiger partial charge in [-0.1, -0.05) is 30.3 Å². The highest BCUT2D eigenvalue weighted by molar-refractivity contribution is 6.32. The molecule has 0 saturated carbocycles. The molecule has 86 valence electrons. The van der Waals surface area contributed by atoms with Crippen molar-refractivity contribution in [2.75, 3.05) is 12.4 Å². The molecule has 0 spiro atoms. The maximum absolute atomic E-state index is 11.8. The molecule has 16 heavy (non-hydrogen) atoms. The zero-order valence-corrected chi connectivity index (χ0v) is 10.3. The Balaban J connectivity index is 2.04. The van der Waals surface area contributed by atoms with E-state index in [1.54, 1.807) is 4.90 Å². The summed E-state index contributed by atoms with van der Waals surface area (Å²) < 4.78 is 0. The highest BCUT2D eigenvalue weighted by atomic mass is 35.5. The van der Waals surface area contributed by atoms with Crippen LogP contribution in [-0.4, -0.2) is 28.6 Å². The van der Waals surface area contributed by atoms with E-state index in [9.17, 15) is 4.79 Å². The molecule has 1 aliphatic heterocycles.